The van der Waals surface area contributed by atoms with E-state index in [0.717, 1.165) is 11.9 Å². The lowest BCUT2D eigenvalue weighted by atomic mass is 10.2. The molecule has 3 aromatic rings. The van der Waals surface area contributed by atoms with Crippen molar-refractivity contribution in [2.24, 2.45) is 0 Å². The van der Waals surface area contributed by atoms with E-state index in [9.17, 15) is 13.2 Å². The highest BCUT2D eigenvalue weighted by Gasteiger charge is 2.33. The van der Waals surface area contributed by atoms with Crippen LogP contribution >= 0.6 is 0 Å². The predicted octanol–water partition coefficient (Wildman–Crippen LogP) is 2.40. The maximum absolute atomic E-state index is 12.8. The third-order valence-electron chi connectivity index (χ3n) is 4.38. The number of anilines is 2. The molecule has 3 aromatic heterocycles. The zero-order valence-electron chi connectivity index (χ0n) is 14.2. The normalized spacial score (nSPS) is 15.2. The summed E-state index contributed by atoms with van der Waals surface area (Å²) in [6, 6.07) is 8.20. The zero-order chi connectivity index (χ0) is 18.9. The van der Waals surface area contributed by atoms with E-state index in [1.165, 1.54) is 6.20 Å². The molecule has 0 amide bonds. The van der Waals surface area contributed by atoms with Crippen molar-refractivity contribution in [3.05, 3.63) is 54.6 Å². The van der Waals surface area contributed by atoms with Crippen LogP contribution in [0.4, 0.5) is 24.7 Å². The minimum absolute atomic E-state index is 0.525. The molecule has 1 aliphatic heterocycles. The fraction of sp³-hybridized carbons (Fsp3) is 0.294. The van der Waals surface area contributed by atoms with Gasteiger partial charge in [-0.25, -0.2) is 4.68 Å². The third-order valence-corrected chi connectivity index (χ3v) is 4.38. The molecule has 0 N–H and O–H groups in total. The first-order chi connectivity index (χ1) is 13.0. The minimum atomic E-state index is -4.44. The van der Waals surface area contributed by atoms with Crippen LogP contribution in [0.1, 0.15) is 5.69 Å². The average molecular weight is 375 g/mol. The van der Waals surface area contributed by atoms with Crippen LogP contribution in [0.2, 0.25) is 0 Å². The van der Waals surface area contributed by atoms with Gasteiger partial charge in [-0.15, -0.1) is 10.2 Å². The summed E-state index contributed by atoms with van der Waals surface area (Å²) in [5.41, 5.74) is -0.348. The lowest BCUT2D eigenvalue weighted by molar-refractivity contribution is -0.141. The molecule has 140 valence electrons. The highest BCUT2D eigenvalue weighted by molar-refractivity contribution is 5.50. The average Bonchev–Trinajstić information content (AvgIpc) is 3.23. The summed E-state index contributed by atoms with van der Waals surface area (Å²) < 4.78 is 40.1. The van der Waals surface area contributed by atoms with Gasteiger partial charge in [0.15, 0.2) is 11.6 Å². The second-order valence-electron chi connectivity index (χ2n) is 6.07. The van der Waals surface area contributed by atoms with Crippen molar-refractivity contribution in [2.45, 2.75) is 6.18 Å². The molecule has 1 fully saturated rings. The quantitative estimate of drug-likeness (QED) is 0.701. The van der Waals surface area contributed by atoms with Gasteiger partial charge in [0.25, 0.3) is 0 Å². The van der Waals surface area contributed by atoms with Gasteiger partial charge in [-0.1, -0.05) is 0 Å². The summed E-state index contributed by atoms with van der Waals surface area (Å²) >= 11 is 0. The van der Waals surface area contributed by atoms with Crippen LogP contribution in [0.15, 0.2) is 48.9 Å². The number of rotatable bonds is 3. The molecule has 0 unspecified atom stereocenters. The van der Waals surface area contributed by atoms with Crippen LogP contribution in [-0.4, -0.2) is 51.1 Å². The molecule has 0 spiro atoms. The lowest BCUT2D eigenvalue weighted by Gasteiger charge is -2.36. The van der Waals surface area contributed by atoms with E-state index in [0.29, 0.717) is 37.7 Å². The molecule has 1 aliphatic rings. The van der Waals surface area contributed by atoms with Crippen molar-refractivity contribution in [1.82, 2.24) is 25.0 Å². The highest BCUT2D eigenvalue weighted by Crippen LogP contribution is 2.30. The van der Waals surface area contributed by atoms with Crippen molar-refractivity contribution in [2.75, 3.05) is 36.0 Å². The molecule has 7 nitrogen and oxygen atoms in total. The van der Waals surface area contributed by atoms with Gasteiger partial charge < -0.3 is 9.80 Å². The summed E-state index contributed by atoms with van der Waals surface area (Å²) in [4.78, 5) is 7.38. The van der Waals surface area contributed by atoms with E-state index in [1.807, 2.05) is 17.0 Å². The Hall–Kier alpha value is -3.17. The second kappa shape index (κ2) is 6.86. The number of nitrogens with zero attached hydrogens (tertiary/aromatic N) is 7. The van der Waals surface area contributed by atoms with E-state index >= 15 is 0 Å². The Balaban J connectivity index is 1.42. The third kappa shape index (κ3) is 3.69. The van der Waals surface area contributed by atoms with Crippen LogP contribution in [0.25, 0.3) is 5.82 Å². The summed E-state index contributed by atoms with van der Waals surface area (Å²) in [7, 11) is 0. The van der Waals surface area contributed by atoms with Crippen LogP contribution in [0.3, 0.4) is 0 Å². The Bertz CT molecular complexity index is 886. The molecule has 0 bridgehead atoms. The van der Waals surface area contributed by atoms with Crippen LogP contribution in [-0.2, 0) is 6.18 Å². The van der Waals surface area contributed by atoms with Crippen molar-refractivity contribution in [3.63, 3.8) is 0 Å². The van der Waals surface area contributed by atoms with Crippen LogP contribution < -0.4 is 9.80 Å². The van der Waals surface area contributed by atoms with Gasteiger partial charge in [0, 0.05) is 50.5 Å². The molecule has 0 saturated carbocycles. The summed E-state index contributed by atoms with van der Waals surface area (Å²) in [6.45, 7) is 2.45. The van der Waals surface area contributed by atoms with Crippen molar-refractivity contribution < 1.29 is 13.2 Å². The van der Waals surface area contributed by atoms with E-state index in [1.54, 1.807) is 29.2 Å². The van der Waals surface area contributed by atoms with Crippen molar-refractivity contribution in [1.29, 1.82) is 0 Å². The number of pyridine rings is 1. The van der Waals surface area contributed by atoms with E-state index in [4.69, 9.17) is 0 Å². The Kier molecular flexibility index (Phi) is 4.38. The molecule has 0 radical (unpaired) electrons. The molecule has 0 aromatic carbocycles. The Labute approximate surface area is 153 Å². The van der Waals surface area contributed by atoms with Crippen LogP contribution in [0.5, 0.6) is 0 Å². The fourth-order valence-electron chi connectivity index (χ4n) is 2.98. The molecule has 4 heterocycles. The van der Waals surface area contributed by atoms with Gasteiger partial charge in [0.2, 0.25) is 0 Å². The summed E-state index contributed by atoms with van der Waals surface area (Å²) in [6.07, 6.45) is 0.207. The number of halogens is 3. The lowest BCUT2D eigenvalue weighted by Crippen LogP contribution is -2.47. The zero-order valence-corrected chi connectivity index (χ0v) is 14.2. The molecule has 10 heteroatoms. The molecule has 27 heavy (non-hydrogen) atoms. The van der Waals surface area contributed by atoms with Crippen molar-refractivity contribution in [3.8, 4) is 5.82 Å². The summed E-state index contributed by atoms with van der Waals surface area (Å²) in [5.74, 6) is 1.36. The maximum atomic E-state index is 12.8. The first-order valence-electron chi connectivity index (χ1n) is 8.37. The molecule has 1 saturated heterocycles. The molecular weight excluding hydrogens is 359 g/mol. The van der Waals surface area contributed by atoms with Crippen LogP contribution in [0, 0.1) is 0 Å². The van der Waals surface area contributed by atoms with E-state index in [-0.39, 0.29) is 0 Å². The van der Waals surface area contributed by atoms with Crippen molar-refractivity contribution >= 4 is 11.5 Å². The topological polar surface area (TPSA) is 63.0 Å². The Morgan fingerprint density at radius 3 is 2.19 bits per heavy atom. The smallest absolute Gasteiger partial charge is 0.368 e. The maximum Gasteiger partial charge on any atom is 0.433 e. The minimum Gasteiger partial charge on any atom is -0.368 e. The first-order valence-corrected chi connectivity index (χ1v) is 8.37. The molecule has 4 rings (SSSR count). The van der Waals surface area contributed by atoms with Gasteiger partial charge in [-0.2, -0.15) is 18.3 Å². The number of hydrogen-bond acceptors (Lipinski definition) is 6. The highest BCUT2D eigenvalue weighted by atomic mass is 19.4. The fourth-order valence-corrected chi connectivity index (χ4v) is 2.98. The second-order valence-corrected chi connectivity index (χ2v) is 6.07. The summed E-state index contributed by atoms with van der Waals surface area (Å²) in [5, 5.41) is 12.5. The largest absolute Gasteiger partial charge is 0.433 e. The molecule has 0 aliphatic carbocycles. The molecular formula is C17H16F3N7. The van der Waals surface area contributed by atoms with E-state index < -0.39 is 11.9 Å². The van der Waals surface area contributed by atoms with Gasteiger partial charge >= 0.3 is 6.18 Å². The standard InChI is InChI=1S/C17H16F3N7/c18-17(19,20)14-12-13(4-6-21-14)25-8-10-26(11-9-25)15-2-3-16(24-23-15)27-7-1-5-22-27/h1-7,12H,8-11H2. The monoisotopic (exact) mass is 375 g/mol. The van der Waals surface area contributed by atoms with Gasteiger partial charge in [0.05, 0.1) is 0 Å². The Morgan fingerprint density at radius 1 is 0.852 bits per heavy atom. The molecule has 0 atom stereocenters. The van der Waals surface area contributed by atoms with Gasteiger partial charge in [-0.05, 0) is 30.3 Å². The predicted molar refractivity (Wildman–Crippen MR) is 92.8 cm³/mol. The number of piperazine rings is 1. The first kappa shape index (κ1) is 17.3. The number of alkyl halides is 3. The SMILES string of the molecule is FC(F)(F)c1cc(N2CCN(c3ccc(-n4cccn4)nn3)CC2)ccn1. The number of hydrogen-bond donors (Lipinski definition) is 0. The van der Waals surface area contributed by atoms with E-state index in [2.05, 4.69) is 25.2 Å². The van der Waals surface area contributed by atoms with Gasteiger partial charge in [-0.3, -0.25) is 4.98 Å². The van der Waals surface area contributed by atoms with Gasteiger partial charge in [0.1, 0.15) is 5.69 Å². The Morgan fingerprint density at radius 2 is 1.56 bits per heavy atom. The number of aromatic nitrogens is 5.